The summed E-state index contributed by atoms with van der Waals surface area (Å²) in [5.41, 5.74) is 8.40. The lowest BCUT2D eigenvalue weighted by molar-refractivity contribution is 0.0387. The largest absolute Gasteiger partial charge is 0.485 e. The Bertz CT molecular complexity index is 1390. The molecule has 1 aromatic heterocycles. The molecule has 3 N–H and O–H groups in total. The lowest BCUT2D eigenvalue weighted by atomic mass is 9.83. The summed E-state index contributed by atoms with van der Waals surface area (Å²) in [4.78, 5) is 24.0. The normalized spacial score (nSPS) is 18.4. The van der Waals surface area contributed by atoms with Crippen molar-refractivity contribution in [2.45, 2.75) is 56.9 Å². The van der Waals surface area contributed by atoms with Crippen LogP contribution in [0.15, 0.2) is 42.5 Å². The first-order chi connectivity index (χ1) is 18.0. The number of amides is 1. The number of carbonyl (C=O) groups is 1. The van der Waals surface area contributed by atoms with E-state index in [4.69, 9.17) is 38.7 Å². The van der Waals surface area contributed by atoms with Gasteiger partial charge in [0.15, 0.2) is 0 Å². The molecule has 1 fully saturated rings. The van der Waals surface area contributed by atoms with Crippen LogP contribution in [0.25, 0.3) is 11.1 Å². The molecule has 38 heavy (non-hydrogen) atoms. The zero-order chi connectivity index (χ0) is 27.2. The van der Waals surface area contributed by atoms with Gasteiger partial charge in [0.1, 0.15) is 17.0 Å². The maximum absolute atomic E-state index is 12.5. The fourth-order valence-corrected chi connectivity index (χ4v) is 6.36. The van der Waals surface area contributed by atoms with Crippen molar-refractivity contribution >= 4 is 47.0 Å². The molecule has 1 amide bonds. The Morgan fingerprint density at radius 3 is 2.53 bits per heavy atom. The number of carbonyl (C=O) groups excluding carboxylic acids is 1. The van der Waals surface area contributed by atoms with E-state index in [1.165, 1.54) is 5.56 Å². The van der Waals surface area contributed by atoms with Crippen molar-refractivity contribution in [2.24, 2.45) is 5.73 Å². The fourth-order valence-electron chi connectivity index (χ4n) is 5.15. The van der Waals surface area contributed by atoms with Gasteiger partial charge in [-0.05, 0) is 39.8 Å². The highest BCUT2D eigenvalue weighted by Crippen LogP contribution is 2.50. The van der Waals surface area contributed by atoms with E-state index >= 15 is 0 Å². The summed E-state index contributed by atoms with van der Waals surface area (Å²) in [7, 11) is 0. The topological polar surface area (TPSA) is 93.4 Å². The predicted molar refractivity (Wildman–Crippen MR) is 155 cm³/mol. The molecule has 2 aliphatic heterocycles. The SMILES string of the molecule is Cc1nc(N2CCC3(CC2)Oc2ccccc2[C@@H]3NSC(C)(C)C)nc(C(N)=O)c1-c1cccc(Cl)c1Cl. The third-order valence-electron chi connectivity index (χ3n) is 6.98. The Morgan fingerprint density at radius 2 is 1.84 bits per heavy atom. The first-order valence-corrected chi connectivity index (χ1v) is 14.2. The van der Waals surface area contributed by atoms with Crippen molar-refractivity contribution in [3.63, 3.8) is 0 Å². The second-order valence-electron chi connectivity index (χ2n) is 10.8. The van der Waals surface area contributed by atoms with Crippen LogP contribution in [0.1, 0.15) is 61.4 Å². The van der Waals surface area contributed by atoms with Crippen LogP contribution in [0.5, 0.6) is 5.75 Å². The van der Waals surface area contributed by atoms with E-state index in [1.807, 2.05) is 19.1 Å². The summed E-state index contributed by atoms with van der Waals surface area (Å²) in [6.45, 7) is 9.74. The molecular formula is C28H31Cl2N5O2S. The standard InChI is InChI=1S/C28H31Cl2N5O2S/c1-16-21(18-9-7-10-19(29)22(18)30)23(25(31)36)33-26(32-16)35-14-12-28(13-15-35)24(34-38-27(2,3)4)17-8-5-6-11-20(17)37-28/h5-11,24,34H,12-15H2,1-4H3,(H2,31,36)/t24-/m0/s1. The van der Waals surface area contributed by atoms with E-state index in [1.54, 1.807) is 30.1 Å². The van der Waals surface area contributed by atoms with Crippen molar-refractivity contribution in [3.05, 3.63) is 69.5 Å². The first-order valence-electron chi connectivity index (χ1n) is 12.6. The zero-order valence-corrected chi connectivity index (χ0v) is 24.2. The van der Waals surface area contributed by atoms with Crippen molar-refractivity contribution < 1.29 is 9.53 Å². The number of ether oxygens (including phenoxy) is 1. The zero-order valence-electron chi connectivity index (χ0n) is 21.8. The number of aromatic nitrogens is 2. The molecule has 1 saturated heterocycles. The van der Waals surface area contributed by atoms with Gasteiger partial charge in [-0.3, -0.25) is 9.52 Å². The Balaban J connectivity index is 1.43. The van der Waals surface area contributed by atoms with Crippen LogP contribution in [-0.2, 0) is 0 Å². The summed E-state index contributed by atoms with van der Waals surface area (Å²) < 4.78 is 10.4. The van der Waals surface area contributed by atoms with Crippen LogP contribution in [0.2, 0.25) is 10.0 Å². The summed E-state index contributed by atoms with van der Waals surface area (Å²) in [5, 5.41) is 0.718. The van der Waals surface area contributed by atoms with E-state index in [-0.39, 0.29) is 22.1 Å². The summed E-state index contributed by atoms with van der Waals surface area (Å²) in [5.74, 6) is 0.755. The molecule has 200 valence electrons. The van der Waals surface area contributed by atoms with Gasteiger partial charge in [-0.1, -0.05) is 65.5 Å². The Kier molecular flexibility index (Phi) is 7.28. The van der Waals surface area contributed by atoms with Gasteiger partial charge < -0.3 is 15.4 Å². The monoisotopic (exact) mass is 571 g/mol. The number of halogens is 2. The van der Waals surface area contributed by atoms with Gasteiger partial charge in [0, 0.05) is 47.4 Å². The molecule has 1 atom stereocenters. The Hall–Kier alpha value is -2.52. The highest BCUT2D eigenvalue weighted by Gasteiger charge is 2.50. The second kappa shape index (κ2) is 10.2. The molecule has 7 nitrogen and oxygen atoms in total. The van der Waals surface area contributed by atoms with Crippen molar-refractivity contribution in [1.29, 1.82) is 0 Å². The molecule has 1 spiro atoms. The van der Waals surface area contributed by atoms with Crippen molar-refractivity contribution in [2.75, 3.05) is 18.0 Å². The average molecular weight is 573 g/mol. The highest BCUT2D eigenvalue weighted by molar-refractivity contribution is 7.98. The molecule has 0 aliphatic carbocycles. The van der Waals surface area contributed by atoms with Crippen LogP contribution in [-0.4, -0.2) is 39.3 Å². The van der Waals surface area contributed by atoms with E-state index in [0.717, 1.165) is 18.6 Å². The van der Waals surface area contributed by atoms with E-state index < -0.39 is 5.91 Å². The summed E-state index contributed by atoms with van der Waals surface area (Å²) in [6, 6.07) is 13.6. The van der Waals surface area contributed by atoms with Gasteiger partial charge in [-0.15, -0.1) is 0 Å². The Labute approximate surface area is 237 Å². The third-order valence-corrected chi connectivity index (χ3v) is 8.76. The number of primary amides is 1. The second-order valence-corrected chi connectivity index (χ2v) is 13.2. The number of anilines is 1. The number of hydrogen-bond donors (Lipinski definition) is 2. The minimum atomic E-state index is -0.644. The summed E-state index contributed by atoms with van der Waals surface area (Å²) >= 11 is 14.4. The molecule has 3 heterocycles. The fraction of sp³-hybridized carbons (Fsp3) is 0.393. The van der Waals surface area contributed by atoms with Gasteiger partial charge in [0.2, 0.25) is 5.95 Å². The van der Waals surface area contributed by atoms with Crippen molar-refractivity contribution in [3.8, 4) is 16.9 Å². The van der Waals surface area contributed by atoms with Gasteiger partial charge >= 0.3 is 0 Å². The highest BCUT2D eigenvalue weighted by atomic mass is 35.5. The minimum Gasteiger partial charge on any atom is -0.485 e. The van der Waals surface area contributed by atoms with Crippen LogP contribution in [0.4, 0.5) is 5.95 Å². The van der Waals surface area contributed by atoms with Crippen LogP contribution >= 0.6 is 35.1 Å². The third kappa shape index (κ3) is 5.07. The molecule has 2 aromatic carbocycles. The lowest BCUT2D eigenvalue weighted by Gasteiger charge is -2.42. The van der Waals surface area contributed by atoms with Gasteiger partial charge in [-0.2, -0.15) is 0 Å². The molecule has 0 bridgehead atoms. The quantitative estimate of drug-likeness (QED) is 0.344. The van der Waals surface area contributed by atoms with Gasteiger partial charge in [-0.25, -0.2) is 9.97 Å². The molecular weight excluding hydrogens is 541 g/mol. The number of nitrogens with one attached hydrogen (secondary N) is 1. The van der Waals surface area contributed by atoms with Gasteiger partial charge in [0.05, 0.1) is 21.8 Å². The molecule has 3 aromatic rings. The van der Waals surface area contributed by atoms with E-state index in [2.05, 4.69) is 47.5 Å². The molecule has 5 rings (SSSR count). The van der Waals surface area contributed by atoms with E-state index in [9.17, 15) is 4.79 Å². The number of rotatable bonds is 5. The minimum absolute atomic E-state index is 0.0567. The molecule has 0 saturated carbocycles. The number of hydrogen-bond acceptors (Lipinski definition) is 7. The number of nitrogens with two attached hydrogens (primary N) is 1. The van der Waals surface area contributed by atoms with Crippen molar-refractivity contribution in [1.82, 2.24) is 14.7 Å². The number of benzene rings is 2. The number of fused-ring (bicyclic) bond motifs is 1. The summed E-state index contributed by atoms with van der Waals surface area (Å²) in [6.07, 6.45) is 1.53. The molecule has 0 unspecified atom stereocenters. The van der Waals surface area contributed by atoms with Crippen LogP contribution in [0, 0.1) is 6.92 Å². The maximum atomic E-state index is 12.5. The maximum Gasteiger partial charge on any atom is 0.268 e. The van der Waals surface area contributed by atoms with Crippen LogP contribution < -0.4 is 20.1 Å². The lowest BCUT2D eigenvalue weighted by Crippen LogP contribution is -2.52. The number of aryl methyl sites for hydroxylation is 1. The van der Waals surface area contributed by atoms with Crippen LogP contribution in [0.3, 0.4) is 0 Å². The molecule has 10 heteroatoms. The number of piperidine rings is 1. The number of nitrogens with zero attached hydrogens (tertiary/aromatic N) is 3. The first kappa shape index (κ1) is 27.1. The Morgan fingerprint density at radius 1 is 1.13 bits per heavy atom. The molecule has 2 aliphatic rings. The predicted octanol–water partition coefficient (Wildman–Crippen LogP) is 6.37. The number of para-hydroxylation sites is 1. The smallest absolute Gasteiger partial charge is 0.268 e. The average Bonchev–Trinajstić information content (AvgIpc) is 3.16. The van der Waals surface area contributed by atoms with E-state index in [0.29, 0.717) is 45.9 Å². The van der Waals surface area contributed by atoms with Gasteiger partial charge in [0.25, 0.3) is 5.91 Å². The molecule has 0 radical (unpaired) electrons.